The molecule has 12 unspecified atom stereocenters. The fourth-order valence-corrected chi connectivity index (χ4v) is 6.89. The Morgan fingerprint density at radius 2 is 1.55 bits per heavy atom. The van der Waals surface area contributed by atoms with Gasteiger partial charge in [-0.3, -0.25) is 14.4 Å². The Morgan fingerprint density at radius 3 is 2.24 bits per heavy atom. The molecule has 1 aromatic rings. The van der Waals surface area contributed by atoms with Gasteiger partial charge in [-0.15, -0.1) is 0 Å². The van der Waals surface area contributed by atoms with E-state index < -0.39 is 110 Å². The summed E-state index contributed by atoms with van der Waals surface area (Å²) in [7, 11) is 0. The van der Waals surface area contributed by atoms with Gasteiger partial charge in [0.25, 0.3) is 0 Å². The zero-order chi connectivity index (χ0) is 42.4. The fourth-order valence-electron chi connectivity index (χ4n) is 6.89. The summed E-state index contributed by atoms with van der Waals surface area (Å²) < 4.78 is 47.5. The number of esters is 4. The largest absolute Gasteiger partial charge is 0.463 e. The molecule has 4 rings (SSSR count). The smallest absolute Gasteiger partial charge is 0.333 e. The Bertz CT molecular complexity index is 1580. The molecule has 0 aliphatic carbocycles. The zero-order valence-electron chi connectivity index (χ0n) is 33.8. The van der Waals surface area contributed by atoms with E-state index in [-0.39, 0.29) is 24.8 Å². The molecule has 16 nitrogen and oxygen atoms in total. The number of hydrogen-bond acceptors (Lipinski definition) is 16. The molecule has 3 saturated heterocycles. The monoisotopic (exact) mass is 818 g/mol. The Balaban J connectivity index is 1.75. The number of cyclic esters (lactones) is 1. The molecule has 3 fully saturated rings. The first-order valence-corrected chi connectivity index (χ1v) is 20.0. The topological polar surface area (TPSA) is 220 Å². The van der Waals surface area contributed by atoms with Gasteiger partial charge >= 0.3 is 23.9 Å². The normalized spacial score (nSPS) is 33.6. The van der Waals surface area contributed by atoms with Crippen molar-refractivity contribution in [3.63, 3.8) is 0 Å². The first kappa shape index (κ1) is 46.7. The SMILES string of the molecule is CC=C(C)C(=O)OC1C(O)C2OC(COC(=O)CCC(=O)C(O)CCCCCC(CCC)OC3OC(C)C(OC(C)=O)C(O)C3O2)C1OC(=O)C=Cc1ccccc1. The highest BCUT2D eigenvalue weighted by molar-refractivity contribution is 5.88. The van der Waals surface area contributed by atoms with E-state index in [0.717, 1.165) is 12.5 Å². The van der Waals surface area contributed by atoms with Gasteiger partial charge in [-0.05, 0) is 51.7 Å². The standard InChI is InChI=1S/C42H58O16/c1-6-14-28-17-12-9-13-18-29(44)30(45)20-22-32(46)51-23-31-37(56-33(47)21-19-27-15-10-8-11-16-27)38(57-40(50)24(3)7-2)35(49)41(55-31)58-39-34(48)36(53-26(5)43)25(4)52-42(39)54-28/h7-8,10-11,15-16,19,21,25,28-29,31,34-39,41-42,44,48-49H,6,9,12-14,17-18,20,22-23H2,1-5H3. The summed E-state index contributed by atoms with van der Waals surface area (Å²) in [6.07, 6.45) is -9.26. The highest BCUT2D eigenvalue weighted by Gasteiger charge is 2.55. The average molecular weight is 819 g/mol. The molecule has 0 radical (unpaired) electrons. The number of aliphatic hydroxyl groups excluding tert-OH is 3. The number of ether oxygens (including phenoxy) is 8. The third-order valence-corrected chi connectivity index (χ3v) is 10.2. The predicted molar refractivity (Wildman–Crippen MR) is 204 cm³/mol. The molecule has 16 heteroatoms. The van der Waals surface area contributed by atoms with Crippen LogP contribution < -0.4 is 0 Å². The summed E-state index contributed by atoms with van der Waals surface area (Å²) in [5, 5.41) is 34.1. The molecule has 58 heavy (non-hydrogen) atoms. The number of Topliss-reactive ketones (excluding diaryl/α,β-unsaturated/α-hetero) is 1. The van der Waals surface area contributed by atoms with Crippen LogP contribution in [-0.2, 0) is 61.9 Å². The van der Waals surface area contributed by atoms with Crippen molar-refractivity contribution < 1.29 is 77.2 Å². The Labute approximate surface area is 338 Å². The van der Waals surface area contributed by atoms with Gasteiger partial charge in [0.1, 0.15) is 37.1 Å². The predicted octanol–water partition coefficient (Wildman–Crippen LogP) is 3.40. The number of aliphatic hydroxyl groups is 3. The van der Waals surface area contributed by atoms with Gasteiger partial charge in [0.2, 0.25) is 0 Å². The molecule has 3 heterocycles. The first-order chi connectivity index (χ1) is 27.7. The van der Waals surface area contributed by atoms with Crippen LogP contribution in [0.4, 0.5) is 0 Å². The summed E-state index contributed by atoms with van der Waals surface area (Å²) >= 11 is 0. The van der Waals surface area contributed by atoms with Crippen LogP contribution in [-0.4, -0.2) is 125 Å². The quantitative estimate of drug-likeness (QED) is 0.194. The first-order valence-electron chi connectivity index (χ1n) is 20.0. The van der Waals surface area contributed by atoms with Crippen LogP contribution in [0, 0.1) is 0 Å². The van der Waals surface area contributed by atoms with E-state index in [0.29, 0.717) is 37.7 Å². The maximum atomic E-state index is 13.3. The molecule has 0 spiro atoms. The van der Waals surface area contributed by atoms with Gasteiger partial charge in [-0.25, -0.2) is 9.59 Å². The molecule has 0 amide bonds. The molecular formula is C42H58O16. The minimum Gasteiger partial charge on any atom is -0.463 e. The molecule has 3 aliphatic heterocycles. The minimum absolute atomic E-state index is 0.151. The summed E-state index contributed by atoms with van der Waals surface area (Å²) in [5.41, 5.74) is 0.821. The van der Waals surface area contributed by atoms with Crippen LogP contribution in [0.3, 0.4) is 0 Å². The molecule has 12 atom stereocenters. The second-order valence-corrected chi connectivity index (χ2v) is 14.7. The second kappa shape index (κ2) is 22.9. The van der Waals surface area contributed by atoms with E-state index in [1.807, 2.05) is 6.92 Å². The number of carbonyl (C=O) groups excluding carboxylic acids is 5. The minimum atomic E-state index is -1.90. The van der Waals surface area contributed by atoms with Crippen LogP contribution in [0.25, 0.3) is 6.08 Å². The summed E-state index contributed by atoms with van der Waals surface area (Å²) in [6.45, 7) is 7.17. The van der Waals surface area contributed by atoms with E-state index in [4.69, 9.17) is 37.9 Å². The van der Waals surface area contributed by atoms with Gasteiger partial charge in [-0.2, -0.15) is 0 Å². The molecule has 0 aromatic heterocycles. The number of allylic oxidation sites excluding steroid dienone is 1. The van der Waals surface area contributed by atoms with Crippen molar-refractivity contribution in [2.45, 2.75) is 166 Å². The Hall–Kier alpha value is -4.03. The summed E-state index contributed by atoms with van der Waals surface area (Å²) in [5.74, 6) is -3.87. The van der Waals surface area contributed by atoms with Crippen molar-refractivity contribution in [3.8, 4) is 0 Å². The number of fused-ring (bicyclic) bond motifs is 3. The Morgan fingerprint density at radius 1 is 0.828 bits per heavy atom. The van der Waals surface area contributed by atoms with Gasteiger partial charge in [0, 0.05) is 25.0 Å². The lowest BCUT2D eigenvalue weighted by molar-refractivity contribution is -0.369. The lowest BCUT2D eigenvalue weighted by atomic mass is 9.96. The molecule has 3 N–H and O–H groups in total. The van der Waals surface area contributed by atoms with Gasteiger partial charge in [0.05, 0.1) is 18.6 Å². The van der Waals surface area contributed by atoms with E-state index in [2.05, 4.69) is 0 Å². The van der Waals surface area contributed by atoms with E-state index >= 15 is 0 Å². The zero-order valence-corrected chi connectivity index (χ0v) is 33.8. The molecular weight excluding hydrogens is 760 g/mol. The number of ketones is 1. The van der Waals surface area contributed by atoms with Gasteiger partial charge in [0.15, 0.2) is 36.7 Å². The van der Waals surface area contributed by atoms with Gasteiger partial charge < -0.3 is 53.2 Å². The maximum absolute atomic E-state index is 13.3. The lowest BCUT2D eigenvalue weighted by Crippen LogP contribution is -2.65. The number of hydrogen-bond donors (Lipinski definition) is 3. The number of benzene rings is 1. The van der Waals surface area contributed by atoms with Crippen LogP contribution in [0.15, 0.2) is 48.1 Å². The molecule has 2 bridgehead atoms. The fraction of sp³-hybridized carbons (Fsp3) is 0.643. The van der Waals surface area contributed by atoms with Crippen molar-refractivity contribution in [1.82, 2.24) is 0 Å². The van der Waals surface area contributed by atoms with Crippen molar-refractivity contribution in [2.75, 3.05) is 6.61 Å². The summed E-state index contributed by atoms with van der Waals surface area (Å²) in [4.78, 5) is 64.3. The van der Waals surface area contributed by atoms with E-state index in [1.54, 1.807) is 44.2 Å². The number of rotatable bonds is 8. The molecule has 3 aliphatic rings. The summed E-state index contributed by atoms with van der Waals surface area (Å²) in [6, 6.07) is 8.84. The lowest BCUT2D eigenvalue weighted by Gasteiger charge is -2.47. The number of carbonyl (C=O) groups is 5. The highest BCUT2D eigenvalue weighted by atomic mass is 16.8. The Kier molecular flexibility index (Phi) is 18.5. The van der Waals surface area contributed by atoms with Crippen molar-refractivity contribution in [3.05, 3.63) is 53.6 Å². The van der Waals surface area contributed by atoms with Crippen LogP contribution >= 0.6 is 0 Å². The van der Waals surface area contributed by atoms with Crippen molar-refractivity contribution >= 4 is 35.7 Å². The second-order valence-electron chi connectivity index (χ2n) is 14.7. The van der Waals surface area contributed by atoms with Crippen LogP contribution in [0.2, 0.25) is 0 Å². The third-order valence-electron chi connectivity index (χ3n) is 10.2. The molecule has 0 saturated carbocycles. The van der Waals surface area contributed by atoms with Gasteiger partial charge in [-0.1, -0.05) is 69.0 Å². The van der Waals surface area contributed by atoms with E-state index in [9.17, 15) is 39.3 Å². The van der Waals surface area contributed by atoms with Crippen molar-refractivity contribution in [2.24, 2.45) is 0 Å². The average Bonchev–Trinajstić information content (AvgIpc) is 3.20. The highest BCUT2D eigenvalue weighted by Crippen LogP contribution is 2.34. The maximum Gasteiger partial charge on any atom is 0.333 e. The third kappa shape index (κ3) is 13.5. The van der Waals surface area contributed by atoms with Crippen LogP contribution in [0.1, 0.15) is 98.0 Å². The molecule has 1 aromatic carbocycles. The van der Waals surface area contributed by atoms with E-state index in [1.165, 1.54) is 26.0 Å². The van der Waals surface area contributed by atoms with Crippen LogP contribution in [0.5, 0.6) is 0 Å². The molecule has 322 valence electrons. The van der Waals surface area contributed by atoms with Crippen molar-refractivity contribution in [1.29, 1.82) is 0 Å².